The van der Waals surface area contributed by atoms with E-state index in [4.69, 9.17) is 4.74 Å². The lowest BCUT2D eigenvalue weighted by Crippen LogP contribution is -2.45. The van der Waals surface area contributed by atoms with Gasteiger partial charge in [-0.2, -0.15) is 5.10 Å². The Hall–Kier alpha value is -1.84. The smallest absolute Gasteiger partial charge is 0.144 e. The van der Waals surface area contributed by atoms with Gasteiger partial charge in [-0.15, -0.1) is 0 Å². The van der Waals surface area contributed by atoms with Crippen LogP contribution in [0, 0.1) is 11.3 Å². The summed E-state index contributed by atoms with van der Waals surface area (Å²) in [5.41, 5.74) is 5.04. The van der Waals surface area contributed by atoms with E-state index in [1.807, 2.05) is 24.3 Å². The molecule has 2 atom stereocenters. The van der Waals surface area contributed by atoms with Gasteiger partial charge >= 0.3 is 0 Å². The summed E-state index contributed by atoms with van der Waals surface area (Å²) in [5, 5.41) is 4.43. The van der Waals surface area contributed by atoms with Crippen molar-refractivity contribution in [2.24, 2.45) is 16.4 Å². The summed E-state index contributed by atoms with van der Waals surface area (Å²) in [5.74, 6) is 0.963. The van der Waals surface area contributed by atoms with Gasteiger partial charge in [0.1, 0.15) is 11.5 Å². The molecule has 1 aromatic carbocycles. The molecule has 1 aliphatic heterocycles. The Kier molecular flexibility index (Phi) is 3.04. The molecular weight excluding hydrogens is 252 g/mol. The molecule has 1 fully saturated rings. The van der Waals surface area contributed by atoms with Gasteiger partial charge in [0.05, 0.1) is 24.8 Å². The van der Waals surface area contributed by atoms with Gasteiger partial charge in [0, 0.05) is 12.0 Å². The van der Waals surface area contributed by atoms with Gasteiger partial charge in [0.15, 0.2) is 0 Å². The first-order valence-corrected chi connectivity index (χ1v) is 7.00. The van der Waals surface area contributed by atoms with E-state index in [0.29, 0.717) is 6.42 Å². The third-order valence-electron chi connectivity index (χ3n) is 4.19. The monoisotopic (exact) mass is 272 g/mol. The fraction of sp³-hybridized carbons (Fsp3) is 0.500. The predicted octanol–water partition coefficient (Wildman–Crippen LogP) is 2.38. The molecule has 0 spiro atoms. The summed E-state index contributed by atoms with van der Waals surface area (Å²) >= 11 is 0. The van der Waals surface area contributed by atoms with E-state index in [1.54, 1.807) is 7.11 Å². The minimum atomic E-state index is -0.116. The van der Waals surface area contributed by atoms with Gasteiger partial charge in [-0.25, -0.2) is 0 Å². The molecule has 4 nitrogen and oxygen atoms in total. The van der Waals surface area contributed by atoms with Crippen LogP contribution in [0.1, 0.15) is 32.3 Å². The molecule has 0 aromatic heterocycles. The number of nitrogens with zero attached hydrogens (tertiary/aromatic N) is 1. The van der Waals surface area contributed by atoms with Gasteiger partial charge in [-0.1, -0.05) is 26.0 Å². The third kappa shape index (κ3) is 2.19. The van der Waals surface area contributed by atoms with Crippen LogP contribution in [0.4, 0.5) is 0 Å². The van der Waals surface area contributed by atoms with Crippen LogP contribution in [0.5, 0.6) is 5.75 Å². The van der Waals surface area contributed by atoms with Crippen LogP contribution in [0.3, 0.4) is 0 Å². The van der Waals surface area contributed by atoms with Crippen LogP contribution in [0.15, 0.2) is 29.4 Å². The number of hydrogen-bond acceptors (Lipinski definition) is 4. The third-order valence-corrected chi connectivity index (χ3v) is 4.19. The number of Topliss-reactive ketones (excluding diaryl/α,β-unsaturated/α-hetero) is 1. The quantitative estimate of drug-likeness (QED) is 0.899. The van der Waals surface area contributed by atoms with Crippen LogP contribution < -0.4 is 10.2 Å². The SMILES string of the molecule is COc1cccc(C2=NN[C@H]3CC(C)(C)CC(=O)[C@@H]23)c1. The molecule has 3 rings (SSSR count). The van der Waals surface area contributed by atoms with Gasteiger partial charge in [0.25, 0.3) is 0 Å². The first kappa shape index (κ1) is 13.2. The summed E-state index contributed by atoms with van der Waals surface area (Å²) in [6, 6.07) is 7.89. The minimum absolute atomic E-state index is 0.0601. The Morgan fingerprint density at radius 3 is 2.95 bits per heavy atom. The maximum absolute atomic E-state index is 12.5. The van der Waals surface area contributed by atoms with Crippen LogP contribution >= 0.6 is 0 Å². The molecule has 4 heteroatoms. The van der Waals surface area contributed by atoms with E-state index < -0.39 is 0 Å². The van der Waals surface area contributed by atoms with Crippen LogP contribution in [-0.2, 0) is 4.79 Å². The number of methoxy groups -OCH3 is 1. The molecule has 1 N–H and O–H groups in total. The van der Waals surface area contributed by atoms with Gasteiger partial charge < -0.3 is 10.2 Å². The Labute approximate surface area is 119 Å². The molecule has 0 amide bonds. The highest BCUT2D eigenvalue weighted by atomic mass is 16.5. The van der Waals surface area contributed by atoms with Crippen molar-refractivity contribution in [3.05, 3.63) is 29.8 Å². The van der Waals surface area contributed by atoms with Gasteiger partial charge in [-0.3, -0.25) is 4.79 Å². The Balaban J connectivity index is 1.91. The fourth-order valence-corrected chi connectivity index (χ4v) is 3.30. The Morgan fingerprint density at radius 1 is 1.40 bits per heavy atom. The summed E-state index contributed by atoms with van der Waals surface area (Å²) in [6.45, 7) is 4.29. The number of benzene rings is 1. The lowest BCUT2D eigenvalue weighted by atomic mass is 9.68. The Bertz CT molecular complexity index is 578. The number of rotatable bonds is 2. The van der Waals surface area contributed by atoms with Crippen molar-refractivity contribution in [2.45, 2.75) is 32.7 Å². The molecule has 106 valence electrons. The van der Waals surface area contributed by atoms with Crippen LogP contribution in [-0.4, -0.2) is 24.6 Å². The zero-order chi connectivity index (χ0) is 14.3. The number of hydrazone groups is 1. The van der Waals surface area contributed by atoms with E-state index in [1.165, 1.54) is 0 Å². The standard InChI is InChI=1S/C16H20N2O2/c1-16(2)8-12-14(13(19)9-16)15(18-17-12)10-5-4-6-11(7-10)20-3/h4-7,12,14,17H,8-9H2,1-3H3/t12-,14-/m0/s1. The van der Waals surface area contributed by atoms with Crippen molar-refractivity contribution in [1.29, 1.82) is 0 Å². The number of ether oxygens (including phenoxy) is 1. The van der Waals surface area contributed by atoms with Crippen LogP contribution in [0.2, 0.25) is 0 Å². The predicted molar refractivity (Wildman–Crippen MR) is 78.0 cm³/mol. The van der Waals surface area contributed by atoms with Crippen molar-refractivity contribution >= 4 is 11.5 Å². The van der Waals surface area contributed by atoms with Crippen molar-refractivity contribution in [1.82, 2.24) is 5.43 Å². The maximum Gasteiger partial charge on any atom is 0.144 e. The maximum atomic E-state index is 12.5. The average Bonchev–Trinajstić information content (AvgIpc) is 2.81. The summed E-state index contributed by atoms with van der Waals surface area (Å²) in [6.07, 6.45) is 1.60. The molecule has 1 heterocycles. The number of hydrogen-bond donors (Lipinski definition) is 1. The average molecular weight is 272 g/mol. The Morgan fingerprint density at radius 2 is 2.20 bits per heavy atom. The number of carbonyl (C=O) groups is 1. The highest BCUT2D eigenvalue weighted by molar-refractivity contribution is 6.15. The first-order valence-electron chi connectivity index (χ1n) is 7.00. The zero-order valence-electron chi connectivity index (χ0n) is 12.1. The second-order valence-electron chi connectivity index (χ2n) is 6.45. The molecule has 0 radical (unpaired) electrons. The summed E-state index contributed by atoms with van der Waals surface area (Å²) in [7, 11) is 1.64. The van der Waals surface area contributed by atoms with Crippen molar-refractivity contribution in [3.8, 4) is 5.75 Å². The number of carbonyl (C=O) groups excluding carboxylic acids is 1. The molecule has 0 bridgehead atoms. The van der Waals surface area contributed by atoms with E-state index in [-0.39, 0.29) is 23.2 Å². The van der Waals surface area contributed by atoms with E-state index in [2.05, 4.69) is 24.4 Å². The second kappa shape index (κ2) is 4.62. The molecule has 20 heavy (non-hydrogen) atoms. The van der Waals surface area contributed by atoms with E-state index >= 15 is 0 Å². The topological polar surface area (TPSA) is 50.7 Å². The van der Waals surface area contributed by atoms with Crippen molar-refractivity contribution in [3.63, 3.8) is 0 Å². The largest absolute Gasteiger partial charge is 0.497 e. The highest BCUT2D eigenvalue weighted by Crippen LogP contribution is 2.39. The molecule has 1 aliphatic carbocycles. The second-order valence-corrected chi connectivity index (χ2v) is 6.45. The number of fused-ring (bicyclic) bond motifs is 1. The van der Waals surface area contributed by atoms with Crippen LogP contribution in [0.25, 0.3) is 0 Å². The van der Waals surface area contributed by atoms with Crippen molar-refractivity contribution in [2.75, 3.05) is 7.11 Å². The first-order chi connectivity index (χ1) is 9.50. The van der Waals surface area contributed by atoms with E-state index in [0.717, 1.165) is 23.4 Å². The number of ketones is 1. The zero-order valence-corrected chi connectivity index (χ0v) is 12.1. The molecular formula is C16H20N2O2. The fourth-order valence-electron chi connectivity index (χ4n) is 3.30. The molecule has 0 saturated heterocycles. The highest BCUT2D eigenvalue weighted by Gasteiger charge is 2.46. The molecule has 1 saturated carbocycles. The molecule has 1 aromatic rings. The van der Waals surface area contributed by atoms with Gasteiger partial charge in [0.2, 0.25) is 0 Å². The van der Waals surface area contributed by atoms with Crippen molar-refractivity contribution < 1.29 is 9.53 Å². The molecule has 0 unspecified atom stereocenters. The van der Waals surface area contributed by atoms with E-state index in [9.17, 15) is 4.79 Å². The minimum Gasteiger partial charge on any atom is -0.497 e. The van der Waals surface area contributed by atoms with Gasteiger partial charge in [-0.05, 0) is 24.0 Å². The summed E-state index contributed by atoms with van der Waals surface area (Å²) in [4.78, 5) is 12.5. The molecule has 2 aliphatic rings. The lowest BCUT2D eigenvalue weighted by Gasteiger charge is -2.36. The summed E-state index contributed by atoms with van der Waals surface area (Å²) < 4.78 is 5.25. The lowest BCUT2D eigenvalue weighted by molar-refractivity contribution is -0.126. The number of nitrogens with one attached hydrogen (secondary N) is 1. The normalized spacial score (nSPS) is 27.6.